The van der Waals surface area contributed by atoms with Gasteiger partial charge in [-0.05, 0) is 53.6 Å². The maximum atomic E-state index is 11.5. The minimum atomic E-state index is -1.28. The van der Waals surface area contributed by atoms with E-state index in [0.29, 0.717) is 23.9 Å². The number of rotatable bonds is 10. The Hall–Kier alpha value is -3.88. The van der Waals surface area contributed by atoms with Gasteiger partial charge in [-0.1, -0.05) is 62.7 Å². The van der Waals surface area contributed by atoms with Gasteiger partial charge in [0.05, 0.1) is 17.8 Å². The Morgan fingerprint density at radius 2 is 1.95 bits per heavy atom. The molecule has 3 N–H and O–H groups in total. The van der Waals surface area contributed by atoms with Crippen LogP contribution in [0.1, 0.15) is 43.0 Å². The van der Waals surface area contributed by atoms with Crippen LogP contribution in [0.3, 0.4) is 0 Å². The molecule has 0 saturated heterocycles. The highest BCUT2D eigenvalue weighted by molar-refractivity contribution is 6.32. The number of methoxy groups -OCH3 is 1. The number of halogens is 1. The highest BCUT2D eigenvalue weighted by Gasteiger charge is 2.24. The summed E-state index contributed by atoms with van der Waals surface area (Å²) in [6.07, 6.45) is 1.63. The Bertz CT molecular complexity index is 1480. The summed E-state index contributed by atoms with van der Waals surface area (Å²) < 4.78 is 11.6. The third kappa shape index (κ3) is 7.26. The number of carboxylic acids is 1. The molecule has 0 unspecified atom stereocenters. The molecule has 0 spiro atoms. The molecule has 1 aliphatic rings. The molecule has 0 fully saturated rings. The predicted octanol–water partition coefficient (Wildman–Crippen LogP) is 6.70. The number of ether oxygens (including phenoxy) is 2. The minimum absolute atomic E-state index is 0.0820. The number of nitrogens with zero attached hydrogens (tertiary/aromatic N) is 2. The zero-order valence-corrected chi connectivity index (χ0v) is 24.9. The number of aliphatic carboxylic acids is 1. The third-order valence-electron chi connectivity index (χ3n) is 6.86. The molecule has 216 valence electrons. The van der Waals surface area contributed by atoms with Crippen molar-refractivity contribution >= 4 is 29.6 Å². The highest BCUT2D eigenvalue weighted by Crippen LogP contribution is 2.35. The zero-order valence-electron chi connectivity index (χ0n) is 24.2. The Morgan fingerprint density at radius 1 is 1.20 bits per heavy atom. The van der Waals surface area contributed by atoms with Crippen LogP contribution in [0.2, 0.25) is 5.02 Å². The molecule has 0 atom stereocenters. The van der Waals surface area contributed by atoms with E-state index < -0.39 is 5.97 Å². The van der Waals surface area contributed by atoms with Crippen molar-refractivity contribution in [3.63, 3.8) is 0 Å². The minimum Gasteiger partial charge on any atom is -0.488 e. The molecule has 0 bridgehead atoms. The topological polar surface area (TPSA) is 108 Å². The lowest BCUT2D eigenvalue weighted by atomic mass is 9.92. The summed E-state index contributed by atoms with van der Waals surface area (Å²) in [6, 6.07) is 15.4. The molecule has 0 aliphatic carbocycles. The van der Waals surface area contributed by atoms with Crippen molar-refractivity contribution in [1.82, 2.24) is 9.88 Å². The normalized spacial score (nSPS) is 14.1. The molecule has 9 heteroatoms. The molecule has 41 heavy (non-hydrogen) atoms. The molecule has 4 rings (SSSR count). The van der Waals surface area contributed by atoms with Crippen LogP contribution in [0.25, 0.3) is 11.3 Å². The molecule has 8 nitrogen and oxygen atoms in total. The quantitative estimate of drug-likeness (QED) is 0.140. The van der Waals surface area contributed by atoms with E-state index in [1.165, 1.54) is 18.2 Å². The molecule has 1 aliphatic heterocycles. The number of anilines is 1. The molecule has 0 saturated carbocycles. The van der Waals surface area contributed by atoms with E-state index in [1.54, 1.807) is 12.1 Å². The first kappa shape index (κ1) is 30.1. The largest absolute Gasteiger partial charge is 0.488 e. The summed E-state index contributed by atoms with van der Waals surface area (Å²) in [5.41, 5.74) is 5.71. The number of aromatic nitrogens is 1. The van der Waals surface area contributed by atoms with E-state index >= 15 is 0 Å². The molecule has 1 aromatic heterocycles. The molecule has 0 amide bonds. The van der Waals surface area contributed by atoms with Gasteiger partial charge in [-0.15, -0.1) is 0 Å². The number of benzene rings is 2. The Labute approximate surface area is 246 Å². The van der Waals surface area contributed by atoms with E-state index in [-0.39, 0.29) is 16.9 Å². The number of carbonyl (C=O) groups is 1. The second-order valence-corrected chi connectivity index (χ2v) is 11.7. The second kappa shape index (κ2) is 12.7. The van der Waals surface area contributed by atoms with Crippen molar-refractivity contribution in [2.24, 2.45) is 5.41 Å². The van der Waals surface area contributed by atoms with Crippen LogP contribution in [-0.2, 0) is 29.1 Å². The number of nitrogens with one attached hydrogen (secondary N) is 2. The first-order valence-electron chi connectivity index (χ1n) is 13.5. The fraction of sp³-hybridized carbons (Fsp3) is 0.344. The van der Waals surface area contributed by atoms with E-state index in [2.05, 4.69) is 48.1 Å². The fourth-order valence-electron chi connectivity index (χ4n) is 5.05. The average Bonchev–Trinajstić information content (AvgIpc) is 2.92. The van der Waals surface area contributed by atoms with Gasteiger partial charge in [0.1, 0.15) is 23.7 Å². The number of hydrogen-bond donors (Lipinski definition) is 3. The van der Waals surface area contributed by atoms with Gasteiger partial charge in [-0.2, -0.15) is 0 Å². The van der Waals surface area contributed by atoms with E-state index in [4.69, 9.17) is 26.5 Å². The van der Waals surface area contributed by atoms with Crippen LogP contribution in [0.15, 0.2) is 60.0 Å². The maximum absolute atomic E-state index is 11.5. The lowest BCUT2D eigenvalue weighted by molar-refractivity contribution is -0.132. The lowest BCUT2D eigenvalue weighted by Gasteiger charge is -2.34. The van der Waals surface area contributed by atoms with Crippen molar-refractivity contribution in [2.45, 2.75) is 47.3 Å². The average molecular weight is 577 g/mol. The van der Waals surface area contributed by atoms with Crippen LogP contribution in [0, 0.1) is 17.7 Å². The standard InChI is InChI=1S/C32H37ClN4O4/c1-20-8-6-9-24(26-10-7-11-27(35-26)36-30(40-5)25(16-34)31(38)39)29(20)41-18-22-13-12-21-17-37(19-32(2,3)4)15-14-23(21)28(22)33/h6-13,16,34H,14-15,17-19H2,1-5H3,(H,35,36)(H,38,39)/b30-25-,34-16?. The summed E-state index contributed by atoms with van der Waals surface area (Å²) in [5, 5.41) is 20.4. The second-order valence-electron chi connectivity index (χ2n) is 11.4. The van der Waals surface area contributed by atoms with Crippen molar-refractivity contribution in [1.29, 1.82) is 5.41 Å². The SMILES string of the molecule is CO/C(Nc1cccc(-c2cccc(C)c2OCc2ccc3c(c2Cl)CCN(CC(C)(C)C)C3)n1)=C(/C=N)C(=O)O. The number of pyridine rings is 1. The zero-order chi connectivity index (χ0) is 29.7. The Balaban J connectivity index is 1.57. The van der Waals surface area contributed by atoms with Gasteiger partial charge in [-0.3, -0.25) is 4.90 Å². The first-order valence-corrected chi connectivity index (χ1v) is 13.9. The van der Waals surface area contributed by atoms with Crippen molar-refractivity contribution in [2.75, 3.05) is 25.5 Å². The number of fused-ring (bicyclic) bond motifs is 1. The van der Waals surface area contributed by atoms with Gasteiger partial charge >= 0.3 is 5.97 Å². The van der Waals surface area contributed by atoms with E-state index in [9.17, 15) is 9.90 Å². The summed E-state index contributed by atoms with van der Waals surface area (Å²) in [6.45, 7) is 12.0. The van der Waals surface area contributed by atoms with Crippen LogP contribution >= 0.6 is 11.6 Å². The Morgan fingerprint density at radius 3 is 2.63 bits per heavy atom. The fourth-order valence-corrected chi connectivity index (χ4v) is 5.39. The summed E-state index contributed by atoms with van der Waals surface area (Å²) in [4.78, 5) is 18.6. The van der Waals surface area contributed by atoms with Crippen molar-refractivity contribution in [3.8, 4) is 17.0 Å². The molecule has 3 aromatic rings. The molecule has 2 aromatic carbocycles. The third-order valence-corrected chi connectivity index (χ3v) is 7.34. The summed E-state index contributed by atoms with van der Waals surface area (Å²) in [7, 11) is 1.33. The predicted molar refractivity (Wildman–Crippen MR) is 163 cm³/mol. The van der Waals surface area contributed by atoms with Crippen LogP contribution < -0.4 is 10.1 Å². The first-order chi connectivity index (χ1) is 19.5. The monoisotopic (exact) mass is 576 g/mol. The van der Waals surface area contributed by atoms with Gasteiger partial charge in [0, 0.05) is 37.0 Å². The molecule has 2 heterocycles. The molecule has 0 radical (unpaired) electrons. The van der Waals surface area contributed by atoms with Gasteiger partial charge < -0.3 is 25.3 Å². The van der Waals surface area contributed by atoms with E-state index in [1.807, 2.05) is 31.2 Å². The van der Waals surface area contributed by atoms with E-state index in [0.717, 1.165) is 54.0 Å². The maximum Gasteiger partial charge on any atom is 0.342 e. The lowest BCUT2D eigenvalue weighted by Crippen LogP contribution is -2.37. The van der Waals surface area contributed by atoms with Gasteiger partial charge in [0.15, 0.2) is 0 Å². The van der Waals surface area contributed by atoms with Gasteiger partial charge in [0.2, 0.25) is 5.88 Å². The number of carboxylic acid groups (broad SMARTS) is 1. The Kier molecular flexibility index (Phi) is 9.35. The molecular weight excluding hydrogens is 540 g/mol. The van der Waals surface area contributed by atoms with Crippen LogP contribution in [0.4, 0.5) is 5.82 Å². The van der Waals surface area contributed by atoms with Crippen LogP contribution in [0.5, 0.6) is 5.75 Å². The van der Waals surface area contributed by atoms with Crippen molar-refractivity contribution in [3.05, 3.63) is 87.3 Å². The smallest absolute Gasteiger partial charge is 0.342 e. The summed E-state index contributed by atoms with van der Waals surface area (Å²) in [5.74, 6) is -0.305. The number of aryl methyl sites for hydroxylation is 1. The molecular formula is C32H37ClN4O4. The number of para-hydroxylation sites is 1. The van der Waals surface area contributed by atoms with Gasteiger partial charge in [0.25, 0.3) is 0 Å². The van der Waals surface area contributed by atoms with Crippen molar-refractivity contribution < 1.29 is 19.4 Å². The summed E-state index contributed by atoms with van der Waals surface area (Å²) >= 11 is 6.92. The van der Waals surface area contributed by atoms with Gasteiger partial charge in [-0.25, -0.2) is 9.78 Å². The number of hydrogen-bond acceptors (Lipinski definition) is 7. The highest BCUT2D eigenvalue weighted by atomic mass is 35.5. The van der Waals surface area contributed by atoms with Crippen LogP contribution in [-0.4, -0.2) is 47.4 Å².